The number of aryl methyl sites for hydroxylation is 1. The van der Waals surface area contributed by atoms with E-state index in [2.05, 4.69) is 69.0 Å². The highest BCUT2D eigenvalue weighted by atomic mass is 32.2. The van der Waals surface area contributed by atoms with Crippen LogP contribution < -0.4 is 5.32 Å². The molecule has 1 aromatic carbocycles. The van der Waals surface area contributed by atoms with Crippen molar-refractivity contribution in [3.05, 3.63) is 35.4 Å². The van der Waals surface area contributed by atoms with Gasteiger partial charge in [0.1, 0.15) is 0 Å². The fourth-order valence-electron chi connectivity index (χ4n) is 2.04. The summed E-state index contributed by atoms with van der Waals surface area (Å²) >= 11 is 2.05. The van der Waals surface area contributed by atoms with E-state index in [0.29, 0.717) is 11.3 Å². The SMILES string of the molecule is CCCNC(CSC(C)C)Cc1ccc(CC)cc1. The molecule has 0 aliphatic rings. The predicted molar refractivity (Wildman–Crippen MR) is 89.2 cm³/mol. The summed E-state index contributed by atoms with van der Waals surface area (Å²) in [5.74, 6) is 1.20. The van der Waals surface area contributed by atoms with Gasteiger partial charge in [-0.1, -0.05) is 52.0 Å². The van der Waals surface area contributed by atoms with Crippen LogP contribution in [0.3, 0.4) is 0 Å². The summed E-state index contributed by atoms with van der Waals surface area (Å²) in [6.45, 7) is 10.1. The third-order valence-electron chi connectivity index (χ3n) is 3.23. The quantitative estimate of drug-likeness (QED) is 0.723. The molecule has 1 rings (SSSR count). The lowest BCUT2D eigenvalue weighted by Gasteiger charge is -2.19. The van der Waals surface area contributed by atoms with Crippen LogP contribution in [0.25, 0.3) is 0 Å². The fourth-order valence-corrected chi connectivity index (χ4v) is 2.90. The fraction of sp³-hybridized carbons (Fsp3) is 0.647. The minimum atomic E-state index is 0.597. The summed E-state index contributed by atoms with van der Waals surface area (Å²) in [5, 5.41) is 4.40. The van der Waals surface area contributed by atoms with Gasteiger partial charge >= 0.3 is 0 Å². The van der Waals surface area contributed by atoms with Gasteiger partial charge in [-0.25, -0.2) is 0 Å². The van der Waals surface area contributed by atoms with Crippen LogP contribution in [0.15, 0.2) is 24.3 Å². The van der Waals surface area contributed by atoms with Gasteiger partial charge in [0, 0.05) is 11.8 Å². The molecule has 1 atom stereocenters. The summed E-state index contributed by atoms with van der Waals surface area (Å²) < 4.78 is 0. The molecule has 0 aliphatic carbocycles. The molecule has 2 heteroatoms. The predicted octanol–water partition coefficient (Wildman–Crippen LogP) is 4.30. The first kappa shape index (κ1) is 16.6. The summed E-state index contributed by atoms with van der Waals surface area (Å²) in [4.78, 5) is 0. The van der Waals surface area contributed by atoms with E-state index in [1.165, 1.54) is 23.3 Å². The number of benzene rings is 1. The zero-order valence-electron chi connectivity index (χ0n) is 12.9. The Morgan fingerprint density at radius 1 is 1.05 bits per heavy atom. The summed E-state index contributed by atoms with van der Waals surface area (Å²) in [6.07, 6.45) is 3.47. The van der Waals surface area contributed by atoms with Gasteiger partial charge in [0.05, 0.1) is 0 Å². The molecule has 0 radical (unpaired) electrons. The van der Waals surface area contributed by atoms with E-state index in [1.54, 1.807) is 0 Å². The number of rotatable bonds is 9. The molecule has 0 saturated heterocycles. The van der Waals surface area contributed by atoms with E-state index in [-0.39, 0.29) is 0 Å². The summed E-state index contributed by atoms with van der Waals surface area (Å²) in [5.41, 5.74) is 2.88. The lowest BCUT2D eigenvalue weighted by Crippen LogP contribution is -2.34. The average molecular weight is 279 g/mol. The van der Waals surface area contributed by atoms with Gasteiger partial charge in [-0.3, -0.25) is 0 Å². The molecule has 0 fully saturated rings. The Morgan fingerprint density at radius 3 is 2.21 bits per heavy atom. The smallest absolute Gasteiger partial charge is 0.0198 e. The van der Waals surface area contributed by atoms with Crippen molar-refractivity contribution in [2.24, 2.45) is 0 Å². The molecule has 19 heavy (non-hydrogen) atoms. The van der Waals surface area contributed by atoms with Gasteiger partial charge in [0.15, 0.2) is 0 Å². The maximum absolute atomic E-state index is 3.68. The maximum Gasteiger partial charge on any atom is 0.0198 e. The molecule has 1 unspecified atom stereocenters. The second-order valence-electron chi connectivity index (χ2n) is 5.41. The van der Waals surface area contributed by atoms with Gasteiger partial charge < -0.3 is 5.32 Å². The second kappa shape index (κ2) is 9.44. The van der Waals surface area contributed by atoms with Crippen LogP contribution in [0.4, 0.5) is 0 Å². The molecular formula is C17H29NS. The standard InChI is InChI=1S/C17H29NS/c1-5-11-18-17(13-19-14(3)4)12-16-9-7-15(6-2)8-10-16/h7-10,14,17-18H,5-6,11-13H2,1-4H3. The number of hydrogen-bond acceptors (Lipinski definition) is 2. The molecule has 0 bridgehead atoms. The molecule has 0 aromatic heterocycles. The van der Waals surface area contributed by atoms with Crippen molar-refractivity contribution < 1.29 is 0 Å². The molecule has 0 heterocycles. The third-order valence-corrected chi connectivity index (χ3v) is 4.49. The van der Waals surface area contributed by atoms with Crippen molar-refractivity contribution in [2.75, 3.05) is 12.3 Å². The Morgan fingerprint density at radius 2 is 1.68 bits per heavy atom. The maximum atomic E-state index is 3.68. The highest BCUT2D eigenvalue weighted by molar-refractivity contribution is 7.99. The van der Waals surface area contributed by atoms with Gasteiger partial charge in [0.2, 0.25) is 0 Å². The molecule has 0 aliphatic heterocycles. The van der Waals surface area contributed by atoms with Crippen LogP contribution in [0.1, 0.15) is 45.2 Å². The van der Waals surface area contributed by atoms with E-state index in [9.17, 15) is 0 Å². The Labute approximate surface area is 123 Å². The Bertz CT molecular complexity index is 332. The lowest BCUT2D eigenvalue weighted by molar-refractivity contribution is 0.550. The molecule has 108 valence electrons. The number of thioether (sulfide) groups is 1. The monoisotopic (exact) mass is 279 g/mol. The molecule has 1 aromatic rings. The van der Waals surface area contributed by atoms with E-state index < -0.39 is 0 Å². The van der Waals surface area contributed by atoms with Crippen LogP contribution in [-0.4, -0.2) is 23.6 Å². The van der Waals surface area contributed by atoms with Crippen molar-refractivity contribution >= 4 is 11.8 Å². The Kier molecular flexibility index (Phi) is 8.24. The van der Waals surface area contributed by atoms with Crippen LogP contribution in [0, 0.1) is 0 Å². The van der Waals surface area contributed by atoms with Crippen molar-refractivity contribution in [3.8, 4) is 0 Å². The summed E-state index contributed by atoms with van der Waals surface area (Å²) in [7, 11) is 0. The minimum absolute atomic E-state index is 0.597. The molecule has 0 saturated carbocycles. The summed E-state index contributed by atoms with van der Waals surface area (Å²) in [6, 6.07) is 9.71. The average Bonchev–Trinajstić information content (AvgIpc) is 2.42. The third kappa shape index (κ3) is 7.03. The minimum Gasteiger partial charge on any atom is -0.313 e. The molecular weight excluding hydrogens is 250 g/mol. The van der Waals surface area contributed by atoms with Crippen LogP contribution in [0.2, 0.25) is 0 Å². The highest BCUT2D eigenvalue weighted by Gasteiger charge is 2.10. The second-order valence-corrected chi connectivity index (χ2v) is 7.02. The Hall–Kier alpha value is -0.470. The van der Waals surface area contributed by atoms with Crippen LogP contribution in [-0.2, 0) is 12.8 Å². The van der Waals surface area contributed by atoms with Crippen molar-refractivity contribution in [1.29, 1.82) is 0 Å². The molecule has 1 nitrogen and oxygen atoms in total. The number of hydrogen-bond donors (Lipinski definition) is 1. The van der Waals surface area contributed by atoms with E-state index in [4.69, 9.17) is 0 Å². The zero-order valence-corrected chi connectivity index (χ0v) is 13.7. The zero-order chi connectivity index (χ0) is 14.1. The highest BCUT2D eigenvalue weighted by Crippen LogP contribution is 2.14. The van der Waals surface area contributed by atoms with E-state index in [0.717, 1.165) is 19.4 Å². The molecule has 1 N–H and O–H groups in total. The van der Waals surface area contributed by atoms with E-state index in [1.807, 2.05) is 0 Å². The molecule has 0 spiro atoms. The van der Waals surface area contributed by atoms with Gasteiger partial charge in [-0.15, -0.1) is 0 Å². The van der Waals surface area contributed by atoms with Crippen LogP contribution in [0.5, 0.6) is 0 Å². The van der Waals surface area contributed by atoms with Crippen LogP contribution >= 0.6 is 11.8 Å². The van der Waals surface area contributed by atoms with Gasteiger partial charge in [-0.05, 0) is 42.2 Å². The topological polar surface area (TPSA) is 12.0 Å². The van der Waals surface area contributed by atoms with Crippen molar-refractivity contribution in [3.63, 3.8) is 0 Å². The van der Waals surface area contributed by atoms with Gasteiger partial charge in [-0.2, -0.15) is 11.8 Å². The lowest BCUT2D eigenvalue weighted by atomic mass is 10.0. The first-order valence-electron chi connectivity index (χ1n) is 7.58. The van der Waals surface area contributed by atoms with Crippen molar-refractivity contribution in [1.82, 2.24) is 5.32 Å². The molecule has 0 amide bonds. The van der Waals surface area contributed by atoms with Gasteiger partial charge in [0.25, 0.3) is 0 Å². The van der Waals surface area contributed by atoms with Crippen molar-refractivity contribution in [2.45, 2.75) is 58.2 Å². The largest absolute Gasteiger partial charge is 0.313 e. The first-order chi connectivity index (χ1) is 9.15. The first-order valence-corrected chi connectivity index (χ1v) is 8.63. The number of nitrogens with one attached hydrogen (secondary N) is 1. The Balaban J connectivity index is 2.53. The normalized spacial score (nSPS) is 12.9. The van der Waals surface area contributed by atoms with E-state index >= 15 is 0 Å².